The third-order valence-electron chi connectivity index (χ3n) is 13.9. The molecule has 1 saturated heterocycles. The van der Waals surface area contributed by atoms with E-state index in [2.05, 4.69) is 106 Å². The van der Waals surface area contributed by atoms with Gasteiger partial charge in [-0.15, -0.1) is 0 Å². The molecule has 3 N–H and O–H groups in total. The van der Waals surface area contributed by atoms with E-state index in [-0.39, 0.29) is 25.9 Å². The van der Waals surface area contributed by atoms with Crippen LogP contribution in [0.2, 0.25) is 0 Å². The van der Waals surface area contributed by atoms with Crippen LogP contribution in [0.25, 0.3) is 0 Å². The third-order valence-corrected chi connectivity index (χ3v) is 13.9. The van der Waals surface area contributed by atoms with Gasteiger partial charge in [-0.05, 0) is 83.5 Å². The molecule has 12 nitrogen and oxygen atoms in total. The van der Waals surface area contributed by atoms with Gasteiger partial charge in [-0.2, -0.15) is 0 Å². The number of carboxylic acid groups (broad SMARTS) is 1. The maximum Gasteiger partial charge on any atom is 0.335 e. The van der Waals surface area contributed by atoms with Gasteiger partial charge in [0.1, 0.15) is 18.8 Å². The molecule has 1 rings (SSSR count). The number of hydrogen-bond acceptors (Lipinski definition) is 11. The Morgan fingerprint density at radius 2 is 0.815 bits per heavy atom. The third kappa shape index (κ3) is 45.6. The summed E-state index contributed by atoms with van der Waals surface area (Å²) in [5.41, 5.74) is 0. The fourth-order valence-electron chi connectivity index (χ4n) is 9.08. The zero-order chi connectivity index (χ0) is 58.9. The Balaban J connectivity index is 2.72. The van der Waals surface area contributed by atoms with E-state index in [0.29, 0.717) is 19.3 Å². The van der Waals surface area contributed by atoms with E-state index in [1.54, 1.807) is 12.2 Å². The second kappa shape index (κ2) is 55.9. The summed E-state index contributed by atoms with van der Waals surface area (Å²) in [5, 5.41) is 31.5. The van der Waals surface area contributed by atoms with E-state index in [1.165, 1.54) is 83.5 Å². The highest BCUT2D eigenvalue weighted by Crippen LogP contribution is 2.26. The molecule has 0 aliphatic carbocycles. The van der Waals surface area contributed by atoms with Gasteiger partial charge in [0.2, 0.25) is 0 Å². The largest absolute Gasteiger partial charge is 0.479 e. The number of allylic oxidation sites excluding steroid dienone is 17. The zero-order valence-electron chi connectivity index (χ0n) is 50.7. The number of carbonyl (C=O) groups is 4. The molecule has 1 fully saturated rings. The van der Waals surface area contributed by atoms with Crippen molar-refractivity contribution in [2.24, 2.45) is 0 Å². The molecule has 1 aliphatic rings. The first-order chi connectivity index (χ1) is 39.6. The number of hydrogen-bond donors (Lipinski definition) is 3. The monoisotopic (exact) mass is 1130 g/mol. The Labute approximate surface area is 491 Å². The maximum atomic E-state index is 13.2. The lowest BCUT2D eigenvalue weighted by Gasteiger charge is -2.40. The molecular formula is C69H112O12. The van der Waals surface area contributed by atoms with Crippen molar-refractivity contribution in [2.45, 2.75) is 289 Å². The molecule has 1 aliphatic heterocycles. The Morgan fingerprint density at radius 3 is 1.25 bits per heavy atom. The number of unbranched alkanes of at least 4 members (excludes halogenated alkanes) is 22. The molecule has 0 amide bonds. The minimum atomic E-state index is -1.94. The molecule has 0 aromatic rings. The molecule has 0 aromatic heterocycles. The number of aliphatic carboxylic acids is 1. The van der Waals surface area contributed by atoms with E-state index in [4.69, 9.17) is 23.7 Å². The summed E-state index contributed by atoms with van der Waals surface area (Å²) >= 11 is 0. The normalized spacial score (nSPS) is 18.5. The molecular weight excluding hydrogens is 1020 g/mol. The molecule has 0 radical (unpaired) electrons. The first-order valence-electron chi connectivity index (χ1n) is 31.9. The summed E-state index contributed by atoms with van der Waals surface area (Å²) in [5.74, 6) is -3.30. The molecule has 1 heterocycles. The zero-order valence-corrected chi connectivity index (χ0v) is 50.7. The van der Waals surface area contributed by atoms with Crippen LogP contribution in [-0.2, 0) is 42.9 Å². The molecule has 12 heteroatoms. The minimum Gasteiger partial charge on any atom is -0.479 e. The highest BCUT2D eigenvalue weighted by Gasteiger charge is 2.50. The summed E-state index contributed by atoms with van der Waals surface area (Å²) in [6, 6.07) is 0. The first kappa shape index (κ1) is 74.4. The number of ether oxygens (including phenoxy) is 5. The van der Waals surface area contributed by atoms with Crippen molar-refractivity contribution in [1.29, 1.82) is 0 Å². The van der Waals surface area contributed by atoms with Crippen LogP contribution < -0.4 is 0 Å². The molecule has 460 valence electrons. The highest BCUT2D eigenvalue weighted by atomic mass is 16.7. The number of carboxylic acids is 1. The Morgan fingerprint density at radius 1 is 0.432 bits per heavy atom. The van der Waals surface area contributed by atoms with Crippen molar-refractivity contribution in [3.8, 4) is 0 Å². The van der Waals surface area contributed by atoms with Crippen LogP contribution in [-0.4, -0.2) is 89.2 Å². The van der Waals surface area contributed by atoms with Gasteiger partial charge in [0, 0.05) is 12.8 Å². The van der Waals surface area contributed by atoms with Crippen molar-refractivity contribution in [2.75, 3.05) is 13.2 Å². The lowest BCUT2D eigenvalue weighted by atomic mass is 9.98. The molecule has 6 atom stereocenters. The Bertz CT molecular complexity index is 1820. The smallest absolute Gasteiger partial charge is 0.335 e. The van der Waals surface area contributed by atoms with E-state index >= 15 is 0 Å². The van der Waals surface area contributed by atoms with Crippen molar-refractivity contribution < 1.29 is 58.2 Å². The summed E-state index contributed by atoms with van der Waals surface area (Å²) in [4.78, 5) is 51.2. The lowest BCUT2D eigenvalue weighted by Crippen LogP contribution is -2.61. The highest BCUT2D eigenvalue weighted by molar-refractivity contribution is 5.74. The van der Waals surface area contributed by atoms with Crippen LogP contribution in [0, 0.1) is 0 Å². The SMILES string of the molecule is CC/C=C\C/C=C\C/C=C\C/C=C\C/C=C\CC(=O)OC1C(OCC(COC(=O)CCCCCCCC/C=C\C/C=C\C/C=C\C/C=C\CC)OC(=O)CCCCCCCCCCCCCCCCCCC)OC(C(=O)O)C(O)C1O. The predicted molar refractivity (Wildman–Crippen MR) is 330 cm³/mol. The second-order valence-electron chi connectivity index (χ2n) is 21.3. The van der Waals surface area contributed by atoms with Crippen LogP contribution in [0.4, 0.5) is 0 Å². The average Bonchev–Trinajstić information content (AvgIpc) is 3.53. The minimum absolute atomic E-state index is 0.147. The molecule has 0 aromatic carbocycles. The first-order valence-corrected chi connectivity index (χ1v) is 31.9. The van der Waals surface area contributed by atoms with Gasteiger partial charge >= 0.3 is 23.9 Å². The van der Waals surface area contributed by atoms with Crippen molar-refractivity contribution in [3.05, 3.63) is 109 Å². The number of rotatable bonds is 53. The van der Waals surface area contributed by atoms with Crippen LogP contribution >= 0.6 is 0 Å². The molecule has 6 unspecified atom stereocenters. The number of carbonyl (C=O) groups excluding carboxylic acids is 3. The van der Waals surface area contributed by atoms with Crippen LogP contribution in [0.5, 0.6) is 0 Å². The lowest BCUT2D eigenvalue weighted by molar-refractivity contribution is -0.301. The molecule has 0 saturated carbocycles. The van der Waals surface area contributed by atoms with Gasteiger partial charge in [-0.25, -0.2) is 4.79 Å². The maximum absolute atomic E-state index is 13.2. The average molecular weight is 1130 g/mol. The van der Waals surface area contributed by atoms with Crippen molar-refractivity contribution in [3.63, 3.8) is 0 Å². The topological polar surface area (TPSA) is 175 Å². The van der Waals surface area contributed by atoms with Gasteiger partial charge < -0.3 is 39.0 Å². The summed E-state index contributed by atoms with van der Waals surface area (Å²) in [6.07, 6.45) is 63.6. The van der Waals surface area contributed by atoms with Gasteiger partial charge in [0.15, 0.2) is 24.6 Å². The van der Waals surface area contributed by atoms with E-state index in [9.17, 15) is 34.5 Å². The summed E-state index contributed by atoms with van der Waals surface area (Å²) < 4.78 is 28.4. The van der Waals surface area contributed by atoms with E-state index in [1.807, 2.05) is 12.2 Å². The fraction of sp³-hybridized carbons (Fsp3) is 0.681. The van der Waals surface area contributed by atoms with Crippen LogP contribution in [0.1, 0.15) is 252 Å². The van der Waals surface area contributed by atoms with Crippen molar-refractivity contribution >= 4 is 23.9 Å². The van der Waals surface area contributed by atoms with E-state index < -0.39 is 67.3 Å². The van der Waals surface area contributed by atoms with Gasteiger partial charge in [-0.1, -0.05) is 259 Å². The number of aliphatic hydroxyl groups is 2. The summed E-state index contributed by atoms with van der Waals surface area (Å²) in [6.45, 7) is 5.73. The van der Waals surface area contributed by atoms with Gasteiger partial charge in [0.05, 0.1) is 13.0 Å². The summed E-state index contributed by atoms with van der Waals surface area (Å²) in [7, 11) is 0. The molecule has 0 bridgehead atoms. The molecule has 0 spiro atoms. The van der Waals surface area contributed by atoms with Crippen LogP contribution in [0.3, 0.4) is 0 Å². The van der Waals surface area contributed by atoms with Gasteiger partial charge in [0.25, 0.3) is 0 Å². The Kier molecular flexibility index (Phi) is 51.3. The van der Waals surface area contributed by atoms with Crippen molar-refractivity contribution in [1.82, 2.24) is 0 Å². The van der Waals surface area contributed by atoms with Gasteiger partial charge in [-0.3, -0.25) is 14.4 Å². The van der Waals surface area contributed by atoms with Crippen LogP contribution in [0.15, 0.2) is 109 Å². The van der Waals surface area contributed by atoms with E-state index in [0.717, 1.165) is 109 Å². The second-order valence-corrected chi connectivity index (χ2v) is 21.3. The quantitative estimate of drug-likeness (QED) is 0.0228. The fourth-order valence-corrected chi connectivity index (χ4v) is 9.08. The predicted octanol–water partition coefficient (Wildman–Crippen LogP) is 17.0. The molecule has 81 heavy (non-hydrogen) atoms. The Hall–Kier alpha value is -4.62. The standard InChI is InChI=1S/C69H112O12/c1-4-7-10-13-16-19-22-25-28-30-31-33-35-37-40-43-46-49-52-55-61(70)77-58-60(79-62(71)56-53-50-47-44-41-39-36-32-29-26-23-20-17-14-11-8-5-2)59-78-69-67(65(74)64(73)66(81-69)68(75)76)80-63(72)57-54-51-48-45-42-38-34-27-24-21-18-15-12-9-6-3/h7,9-10,12,16,18-19,21,25,27-28,31,33-34,42,45,51,54,60,64-67,69,73-74H,4-6,8,11,13-15,17,20,22-24,26,29-30,32,35-41,43-44,46-50,52-53,55-59H2,1-3H3,(H,75,76)/b10-7-,12-9-,19-16-,21-18-,28-25-,33-31-,34-27-,45-42-,54-51-. The number of aliphatic hydroxyl groups excluding tert-OH is 2. The number of esters is 3.